The Morgan fingerprint density at radius 1 is 1.27 bits per heavy atom. The molecule has 2 aromatic heterocycles. The van der Waals surface area contributed by atoms with E-state index in [2.05, 4.69) is 70.1 Å². The van der Waals surface area contributed by atoms with Crippen molar-refractivity contribution < 1.29 is 14.0 Å². The fraction of sp³-hybridized carbons (Fsp3) is 0.531. The number of aryl methyl sites for hydroxylation is 1. The number of nitrogens with one attached hydrogen (secondary N) is 1. The molecule has 231 valence electrons. The fourth-order valence-electron chi connectivity index (χ4n) is 5.68. The maximum atomic E-state index is 11.6. The molecule has 1 N–H and O–H groups in total. The molecule has 1 atom stereocenters. The fourth-order valence-corrected chi connectivity index (χ4v) is 6.79. The van der Waals surface area contributed by atoms with Crippen LogP contribution in [-0.4, -0.2) is 68.0 Å². The van der Waals surface area contributed by atoms with Gasteiger partial charge in [0.25, 0.3) is 0 Å². The van der Waals surface area contributed by atoms with Gasteiger partial charge in [-0.05, 0) is 67.6 Å². The minimum atomic E-state index is -2.05. The zero-order valence-electron chi connectivity index (χ0n) is 27.0. The molecule has 44 heavy (non-hydrogen) atoms. The average Bonchev–Trinajstić information content (AvgIpc) is 3.47. The van der Waals surface area contributed by atoms with Gasteiger partial charge in [0, 0.05) is 67.5 Å². The van der Waals surface area contributed by atoms with Crippen molar-refractivity contribution in [3.8, 4) is 17.3 Å². The normalized spacial score (nSPS) is 19.0. The van der Waals surface area contributed by atoms with Gasteiger partial charge in [-0.2, -0.15) is 10.4 Å². The molecule has 3 aromatic rings. The van der Waals surface area contributed by atoms with Gasteiger partial charge in [0.15, 0.2) is 14.1 Å². The second kappa shape index (κ2) is 12.5. The average molecular weight is 613 g/mol. The predicted molar refractivity (Wildman–Crippen MR) is 176 cm³/mol. The van der Waals surface area contributed by atoms with Crippen molar-refractivity contribution in [1.29, 1.82) is 5.26 Å². The maximum Gasteiger partial charge on any atom is 0.329 e. The van der Waals surface area contributed by atoms with Gasteiger partial charge in [0.05, 0.1) is 11.3 Å². The third-order valence-corrected chi connectivity index (χ3v) is 13.9. The molecule has 1 radical (unpaired) electrons. The molecular formula is C32H43BN7O3Si. The molecule has 2 aliphatic heterocycles. The number of aromatic nitrogens is 4. The Morgan fingerprint density at radius 3 is 2.70 bits per heavy atom. The lowest BCUT2D eigenvalue weighted by molar-refractivity contribution is 0.0600. The van der Waals surface area contributed by atoms with Crippen molar-refractivity contribution in [1.82, 2.24) is 19.7 Å². The summed E-state index contributed by atoms with van der Waals surface area (Å²) in [5, 5.41) is 18.3. The number of carbonyl (C=O) groups excluding carboxylic acids is 1. The summed E-state index contributed by atoms with van der Waals surface area (Å²) in [5.41, 5.74) is 4.34. The molecule has 10 nitrogen and oxygen atoms in total. The van der Waals surface area contributed by atoms with Gasteiger partial charge in [0.1, 0.15) is 12.3 Å². The largest absolute Gasteiger partial charge is 0.416 e. The molecule has 12 heteroatoms. The molecule has 0 unspecified atom stereocenters. The van der Waals surface area contributed by atoms with Crippen LogP contribution >= 0.6 is 0 Å². The number of fused-ring (bicyclic) bond motifs is 1. The summed E-state index contributed by atoms with van der Waals surface area (Å²) in [7, 11) is -0.539. The minimum Gasteiger partial charge on any atom is -0.416 e. The highest BCUT2D eigenvalue weighted by Gasteiger charge is 2.44. The third-order valence-electron chi connectivity index (χ3n) is 9.43. The second-order valence-corrected chi connectivity index (χ2v) is 18.7. The first-order chi connectivity index (χ1) is 20.8. The van der Waals surface area contributed by atoms with E-state index < -0.39 is 13.7 Å². The van der Waals surface area contributed by atoms with Crippen LogP contribution in [0.3, 0.4) is 0 Å². The van der Waals surface area contributed by atoms with Crippen LogP contribution in [0.25, 0.3) is 11.3 Å². The lowest BCUT2D eigenvalue weighted by atomic mass is 9.83. The predicted octanol–water partition coefficient (Wildman–Crippen LogP) is 5.60. The molecule has 4 heterocycles. The number of anilines is 3. The molecule has 1 fully saturated rings. The van der Waals surface area contributed by atoms with Crippen LogP contribution in [0.1, 0.15) is 57.4 Å². The number of rotatable bonds is 10. The minimum absolute atomic E-state index is 0.0582. The van der Waals surface area contributed by atoms with Crippen LogP contribution in [-0.2, 0) is 25.9 Å². The SMILES string of the molecule is Cc1cc(Nc2nccc(-c3cc(C#N)c4c(c3)[C@@](C)(CO[Si](C)(C)C(C)(C)C)CN4[B]C=O)n2)nn1CC1CCOCC1. The number of nitrogens with zero attached hydrogens (tertiary/aromatic N) is 6. The Labute approximate surface area is 262 Å². The lowest BCUT2D eigenvalue weighted by Crippen LogP contribution is -2.46. The standard InChI is InChI=1S/C32H43BN7O3Si/c1-22-14-28(38-40(22)18-23-9-12-42-13-10-23)37-30-35-11-8-27(36-30)24-15-25(17-34)29-26(16-24)32(5,19-39(29)33-21-41)20-43-44(6,7)31(2,3)4/h8,11,14-16,21,23H,9-10,12-13,18-20H2,1-7H3,(H,35,36,37,38)/t32-/m1/s1. The summed E-state index contributed by atoms with van der Waals surface area (Å²) >= 11 is 0. The summed E-state index contributed by atoms with van der Waals surface area (Å²) < 4.78 is 14.2. The Hall–Kier alpha value is -3.53. The summed E-state index contributed by atoms with van der Waals surface area (Å²) in [6, 6.07) is 10.1. The molecule has 0 amide bonds. The smallest absolute Gasteiger partial charge is 0.329 e. The van der Waals surface area contributed by atoms with E-state index >= 15 is 0 Å². The van der Waals surface area contributed by atoms with Crippen molar-refractivity contribution in [2.24, 2.45) is 5.92 Å². The van der Waals surface area contributed by atoms with E-state index in [1.807, 2.05) is 27.7 Å². The zero-order valence-corrected chi connectivity index (χ0v) is 28.0. The van der Waals surface area contributed by atoms with Crippen molar-refractivity contribution in [3.63, 3.8) is 0 Å². The van der Waals surface area contributed by atoms with E-state index in [9.17, 15) is 10.1 Å². The van der Waals surface area contributed by atoms with Crippen LogP contribution in [0, 0.1) is 24.2 Å². The monoisotopic (exact) mass is 612 g/mol. The van der Waals surface area contributed by atoms with Crippen LogP contribution in [0.2, 0.25) is 18.1 Å². The third kappa shape index (κ3) is 6.60. The zero-order chi connectivity index (χ0) is 31.7. The highest BCUT2D eigenvalue weighted by atomic mass is 28.4. The number of nitriles is 1. The van der Waals surface area contributed by atoms with Gasteiger partial charge in [-0.25, -0.2) is 9.97 Å². The quantitative estimate of drug-likeness (QED) is 0.231. The van der Waals surface area contributed by atoms with E-state index in [-0.39, 0.29) is 5.04 Å². The van der Waals surface area contributed by atoms with Crippen molar-refractivity contribution in [3.05, 3.63) is 47.3 Å². The van der Waals surface area contributed by atoms with Crippen molar-refractivity contribution in [2.75, 3.05) is 36.5 Å². The summed E-state index contributed by atoms with van der Waals surface area (Å²) in [6.07, 6.45) is 4.58. The lowest BCUT2D eigenvalue weighted by Gasteiger charge is -2.39. The number of hydrogen-bond donors (Lipinski definition) is 1. The molecule has 0 spiro atoms. The summed E-state index contributed by atoms with van der Waals surface area (Å²) in [6.45, 7) is 18.9. The van der Waals surface area contributed by atoms with Crippen LogP contribution in [0.4, 0.5) is 17.5 Å². The van der Waals surface area contributed by atoms with Gasteiger partial charge >= 0.3 is 7.41 Å². The Kier molecular flexibility index (Phi) is 9.03. The molecule has 0 bridgehead atoms. The number of benzene rings is 1. The second-order valence-electron chi connectivity index (χ2n) is 13.9. The maximum absolute atomic E-state index is 11.6. The van der Waals surface area contributed by atoms with Crippen LogP contribution in [0.5, 0.6) is 0 Å². The molecule has 1 aromatic carbocycles. The van der Waals surface area contributed by atoms with Crippen molar-refractivity contribution >= 4 is 39.4 Å². The number of carbonyl (C=O) groups is 1. The number of ether oxygens (including phenoxy) is 1. The first-order valence-corrected chi connectivity index (χ1v) is 18.2. The van der Waals surface area contributed by atoms with Crippen LogP contribution in [0.15, 0.2) is 30.5 Å². The van der Waals surface area contributed by atoms with Gasteiger partial charge in [-0.1, -0.05) is 27.7 Å². The van der Waals surface area contributed by atoms with Gasteiger partial charge in [0.2, 0.25) is 5.95 Å². The van der Waals surface area contributed by atoms with Gasteiger partial charge < -0.3 is 24.1 Å². The van der Waals surface area contributed by atoms with Gasteiger partial charge in [-0.3, -0.25) is 4.68 Å². The highest BCUT2D eigenvalue weighted by Crippen LogP contribution is 2.46. The molecule has 1 saturated heterocycles. The summed E-state index contributed by atoms with van der Waals surface area (Å²) in [5.74, 6) is 1.67. The van der Waals surface area contributed by atoms with Crippen LogP contribution < -0.4 is 10.1 Å². The first-order valence-electron chi connectivity index (χ1n) is 15.3. The Morgan fingerprint density at radius 2 is 2.02 bits per heavy atom. The topological polar surface area (TPSA) is 118 Å². The van der Waals surface area contributed by atoms with E-state index in [1.165, 1.54) is 7.41 Å². The summed E-state index contributed by atoms with van der Waals surface area (Å²) in [4.78, 5) is 22.7. The first kappa shape index (κ1) is 31.9. The molecule has 2 aliphatic rings. The van der Waals surface area contributed by atoms with E-state index in [0.717, 1.165) is 61.3 Å². The Bertz CT molecular complexity index is 1560. The molecule has 0 aliphatic carbocycles. The van der Waals surface area contributed by atoms with E-state index in [1.54, 1.807) is 6.20 Å². The van der Waals surface area contributed by atoms with E-state index in [0.29, 0.717) is 42.1 Å². The van der Waals surface area contributed by atoms with Gasteiger partial charge in [-0.15, -0.1) is 0 Å². The molecule has 5 rings (SSSR count). The number of hydrogen-bond acceptors (Lipinski definition) is 9. The molecular weight excluding hydrogens is 569 g/mol. The van der Waals surface area contributed by atoms with E-state index in [4.69, 9.17) is 19.2 Å². The molecule has 0 saturated carbocycles. The van der Waals surface area contributed by atoms with Crippen molar-refractivity contribution in [2.45, 2.75) is 77.6 Å². The highest BCUT2D eigenvalue weighted by molar-refractivity contribution is 6.74. The Balaban J connectivity index is 1.44.